The zero-order valence-electron chi connectivity index (χ0n) is 15.9. The average molecular weight is 416 g/mol. The largest absolute Gasteiger partial charge is 0.495 e. The van der Waals surface area contributed by atoms with Crippen molar-refractivity contribution in [1.82, 2.24) is 9.55 Å². The van der Waals surface area contributed by atoms with E-state index in [1.165, 1.54) is 23.1 Å². The normalized spacial score (nSPS) is 10.8. The van der Waals surface area contributed by atoms with Crippen LogP contribution in [0.2, 0.25) is 0 Å². The van der Waals surface area contributed by atoms with Crippen molar-refractivity contribution in [3.8, 4) is 5.75 Å². The van der Waals surface area contributed by atoms with Crippen LogP contribution < -0.4 is 15.6 Å². The van der Waals surface area contributed by atoms with Crippen molar-refractivity contribution in [3.63, 3.8) is 0 Å². The van der Waals surface area contributed by atoms with Gasteiger partial charge in [0.25, 0.3) is 5.56 Å². The molecule has 0 aliphatic rings. The average Bonchev–Trinajstić information content (AvgIpc) is 3.03. The Hall–Kier alpha value is -2.58. The monoisotopic (exact) mass is 415 g/mol. The van der Waals surface area contributed by atoms with Gasteiger partial charge >= 0.3 is 0 Å². The van der Waals surface area contributed by atoms with E-state index in [4.69, 9.17) is 4.74 Å². The topological polar surface area (TPSA) is 73.2 Å². The fourth-order valence-corrected chi connectivity index (χ4v) is 4.48. The van der Waals surface area contributed by atoms with E-state index in [9.17, 15) is 9.59 Å². The van der Waals surface area contributed by atoms with Crippen molar-refractivity contribution < 1.29 is 9.53 Å². The molecule has 1 amide bonds. The Labute approximate surface area is 171 Å². The molecule has 0 aliphatic carbocycles. The van der Waals surface area contributed by atoms with Crippen molar-refractivity contribution in [3.05, 3.63) is 57.7 Å². The van der Waals surface area contributed by atoms with E-state index in [1.54, 1.807) is 17.8 Å². The van der Waals surface area contributed by atoms with Gasteiger partial charge in [-0.05, 0) is 37.6 Å². The van der Waals surface area contributed by atoms with E-state index in [-0.39, 0.29) is 17.2 Å². The van der Waals surface area contributed by atoms with E-state index >= 15 is 0 Å². The maximum absolute atomic E-state index is 12.8. The summed E-state index contributed by atoms with van der Waals surface area (Å²) < 4.78 is 6.84. The number of carbonyl (C=O) groups excluding carboxylic acids is 1. The number of nitrogens with one attached hydrogen (secondary N) is 1. The van der Waals surface area contributed by atoms with Gasteiger partial charge in [0.2, 0.25) is 5.91 Å². The number of thioether (sulfide) groups is 1. The quantitative estimate of drug-likeness (QED) is 0.359. The van der Waals surface area contributed by atoms with Gasteiger partial charge in [-0.2, -0.15) is 0 Å². The molecule has 0 fully saturated rings. The van der Waals surface area contributed by atoms with Crippen molar-refractivity contribution in [2.24, 2.45) is 0 Å². The molecule has 3 aromatic rings. The summed E-state index contributed by atoms with van der Waals surface area (Å²) in [6, 6.07) is 7.43. The second kappa shape index (κ2) is 8.62. The predicted molar refractivity (Wildman–Crippen MR) is 116 cm³/mol. The lowest BCUT2D eigenvalue weighted by Crippen LogP contribution is -2.23. The molecule has 0 saturated heterocycles. The number of hydrogen-bond donors (Lipinski definition) is 1. The second-order valence-corrected chi connectivity index (χ2v) is 8.39. The number of carbonyl (C=O) groups is 1. The lowest BCUT2D eigenvalue weighted by molar-refractivity contribution is -0.113. The smallest absolute Gasteiger partial charge is 0.263 e. The van der Waals surface area contributed by atoms with Gasteiger partial charge in [0.1, 0.15) is 10.6 Å². The van der Waals surface area contributed by atoms with Crippen LogP contribution in [0.3, 0.4) is 0 Å². The predicted octanol–water partition coefficient (Wildman–Crippen LogP) is 4.00. The SMILES string of the molecule is C=CCn1c(SCC(=O)Nc2cc(C)ccc2OC)nc2sc(C)cc2c1=O. The van der Waals surface area contributed by atoms with Crippen LogP contribution in [0.4, 0.5) is 5.69 Å². The number of aromatic nitrogens is 2. The minimum Gasteiger partial charge on any atom is -0.495 e. The molecule has 28 heavy (non-hydrogen) atoms. The van der Waals surface area contributed by atoms with Gasteiger partial charge in [-0.25, -0.2) is 4.98 Å². The molecule has 0 spiro atoms. The highest BCUT2D eigenvalue weighted by Crippen LogP contribution is 2.27. The fourth-order valence-electron chi connectivity index (χ4n) is 2.75. The molecule has 1 N–H and O–H groups in total. The Morgan fingerprint density at radius 1 is 1.39 bits per heavy atom. The molecule has 0 atom stereocenters. The number of aryl methyl sites for hydroxylation is 2. The Morgan fingerprint density at radius 2 is 2.18 bits per heavy atom. The highest BCUT2D eigenvalue weighted by atomic mass is 32.2. The number of fused-ring (bicyclic) bond motifs is 1. The molecule has 146 valence electrons. The number of ether oxygens (including phenoxy) is 1. The highest BCUT2D eigenvalue weighted by Gasteiger charge is 2.15. The third-order valence-corrected chi connectivity index (χ3v) is 5.93. The summed E-state index contributed by atoms with van der Waals surface area (Å²) in [6.45, 7) is 7.94. The van der Waals surface area contributed by atoms with E-state index in [2.05, 4.69) is 16.9 Å². The molecule has 0 saturated carbocycles. The molecule has 3 rings (SSSR count). The third-order valence-electron chi connectivity index (χ3n) is 4.01. The molecular weight excluding hydrogens is 394 g/mol. The lowest BCUT2D eigenvalue weighted by atomic mass is 10.2. The molecule has 0 aliphatic heterocycles. The number of methoxy groups -OCH3 is 1. The first kappa shape index (κ1) is 20.2. The second-order valence-electron chi connectivity index (χ2n) is 6.22. The van der Waals surface area contributed by atoms with Gasteiger partial charge in [0, 0.05) is 11.4 Å². The van der Waals surface area contributed by atoms with E-state index in [1.807, 2.05) is 38.1 Å². The molecule has 0 bridgehead atoms. The van der Waals surface area contributed by atoms with Gasteiger partial charge in [-0.1, -0.05) is 23.9 Å². The van der Waals surface area contributed by atoms with Crippen LogP contribution in [0.5, 0.6) is 5.75 Å². The number of rotatable bonds is 7. The summed E-state index contributed by atoms with van der Waals surface area (Å²) >= 11 is 2.70. The van der Waals surface area contributed by atoms with E-state index in [0.29, 0.717) is 33.4 Å². The number of amides is 1. The summed E-state index contributed by atoms with van der Waals surface area (Å²) in [5.41, 5.74) is 1.52. The van der Waals surface area contributed by atoms with Crippen LogP contribution in [0.25, 0.3) is 10.2 Å². The van der Waals surface area contributed by atoms with Crippen molar-refractivity contribution >= 4 is 44.9 Å². The molecule has 1 aromatic carbocycles. The number of anilines is 1. The summed E-state index contributed by atoms with van der Waals surface area (Å²) in [7, 11) is 1.56. The maximum Gasteiger partial charge on any atom is 0.263 e. The number of allylic oxidation sites excluding steroid dienone is 1. The molecule has 0 radical (unpaired) electrons. The van der Waals surface area contributed by atoms with Crippen LogP contribution in [-0.2, 0) is 11.3 Å². The van der Waals surface area contributed by atoms with Crippen LogP contribution in [0.1, 0.15) is 10.4 Å². The molecular formula is C20H21N3O3S2. The van der Waals surface area contributed by atoms with Crippen molar-refractivity contribution in [2.75, 3.05) is 18.2 Å². The number of nitrogens with zero attached hydrogens (tertiary/aromatic N) is 2. The Balaban J connectivity index is 1.82. The van der Waals surface area contributed by atoms with E-state index < -0.39 is 0 Å². The maximum atomic E-state index is 12.8. The van der Waals surface area contributed by atoms with Gasteiger partial charge in [0.05, 0.1) is 23.9 Å². The lowest BCUT2D eigenvalue weighted by Gasteiger charge is -2.12. The summed E-state index contributed by atoms with van der Waals surface area (Å²) in [6.07, 6.45) is 1.65. The van der Waals surface area contributed by atoms with Crippen LogP contribution in [0.15, 0.2) is 46.9 Å². The fraction of sp³-hybridized carbons (Fsp3) is 0.250. The summed E-state index contributed by atoms with van der Waals surface area (Å²) in [5.74, 6) is 0.521. The van der Waals surface area contributed by atoms with Crippen molar-refractivity contribution in [2.45, 2.75) is 25.5 Å². The van der Waals surface area contributed by atoms with Crippen LogP contribution in [0, 0.1) is 13.8 Å². The van der Waals surface area contributed by atoms with Gasteiger partial charge in [-0.15, -0.1) is 17.9 Å². The third kappa shape index (κ3) is 4.28. The first-order chi connectivity index (χ1) is 13.4. The summed E-state index contributed by atoms with van der Waals surface area (Å²) in [5, 5.41) is 3.97. The van der Waals surface area contributed by atoms with Gasteiger partial charge < -0.3 is 10.1 Å². The van der Waals surface area contributed by atoms with Gasteiger partial charge in [-0.3, -0.25) is 14.2 Å². The van der Waals surface area contributed by atoms with Gasteiger partial charge in [0.15, 0.2) is 5.16 Å². The molecule has 8 heteroatoms. The first-order valence-electron chi connectivity index (χ1n) is 8.62. The van der Waals surface area contributed by atoms with Crippen LogP contribution >= 0.6 is 23.1 Å². The first-order valence-corrected chi connectivity index (χ1v) is 10.4. The van der Waals surface area contributed by atoms with Crippen LogP contribution in [-0.4, -0.2) is 28.3 Å². The Kier molecular flexibility index (Phi) is 6.21. The minimum atomic E-state index is -0.198. The number of benzene rings is 1. The zero-order valence-corrected chi connectivity index (χ0v) is 17.6. The summed E-state index contributed by atoms with van der Waals surface area (Å²) in [4.78, 5) is 31.5. The van der Waals surface area contributed by atoms with Crippen molar-refractivity contribution in [1.29, 1.82) is 0 Å². The number of hydrogen-bond acceptors (Lipinski definition) is 6. The minimum absolute atomic E-state index is 0.113. The highest BCUT2D eigenvalue weighted by molar-refractivity contribution is 7.99. The molecule has 6 nitrogen and oxygen atoms in total. The molecule has 0 unspecified atom stereocenters. The Morgan fingerprint density at radius 3 is 2.89 bits per heavy atom. The Bertz CT molecular complexity index is 1100. The van der Waals surface area contributed by atoms with E-state index in [0.717, 1.165) is 10.4 Å². The number of thiophene rings is 1. The standard InChI is InChI=1S/C20H21N3O3S2/c1-5-8-23-19(25)14-10-13(3)28-18(14)22-20(23)27-11-17(24)21-15-9-12(2)6-7-16(15)26-4/h5-7,9-10H,1,8,11H2,2-4H3,(H,21,24). The molecule has 2 aromatic heterocycles. The molecule has 2 heterocycles. The zero-order chi connectivity index (χ0) is 20.3.